The smallest absolute Gasteiger partial charge is 0.314 e. The highest BCUT2D eigenvalue weighted by Gasteiger charge is 2.60. The van der Waals surface area contributed by atoms with Crippen LogP contribution in [0.4, 0.5) is 0 Å². The second kappa shape index (κ2) is 4.36. The Kier molecular flexibility index (Phi) is 3.03. The lowest BCUT2D eigenvalue weighted by molar-refractivity contribution is -0.146. The van der Waals surface area contributed by atoms with Crippen LogP contribution in [0.1, 0.15) is 19.3 Å². The van der Waals surface area contributed by atoms with E-state index in [1.165, 1.54) is 12.8 Å². The molecule has 3 atom stereocenters. The Morgan fingerprint density at radius 1 is 1.42 bits per heavy atom. The van der Waals surface area contributed by atoms with Gasteiger partial charge < -0.3 is 4.74 Å². The van der Waals surface area contributed by atoms with Gasteiger partial charge in [-0.05, 0) is 19.4 Å². The zero-order valence-corrected chi connectivity index (χ0v) is 13.2. The van der Waals surface area contributed by atoms with Crippen molar-refractivity contribution in [3.63, 3.8) is 0 Å². The van der Waals surface area contributed by atoms with Crippen LogP contribution in [0, 0.1) is 22.8 Å². The third-order valence-corrected chi connectivity index (χ3v) is 5.56. The summed E-state index contributed by atoms with van der Waals surface area (Å²) in [5.41, 5.74) is 3.19. The molecule has 3 nitrogen and oxygen atoms in total. The van der Waals surface area contributed by atoms with Gasteiger partial charge >= 0.3 is 5.97 Å². The molecule has 0 unspecified atom stereocenters. The Bertz CT molecular complexity index is 459. The van der Waals surface area contributed by atoms with Gasteiger partial charge in [-0.3, -0.25) is 9.69 Å². The summed E-state index contributed by atoms with van der Waals surface area (Å²) in [6, 6.07) is 0.495. The molecule has 3 rings (SSSR count). The molecular weight excluding hydrogens is 254 g/mol. The maximum absolute atomic E-state index is 12.3. The van der Waals surface area contributed by atoms with Gasteiger partial charge in [-0.25, -0.2) is 0 Å². The number of carbonyl (C=O) groups excluding carboxylic acids is 1. The summed E-state index contributed by atoms with van der Waals surface area (Å²) in [7, 11) is -1.39. The first-order chi connectivity index (χ1) is 8.92. The molecule has 3 heterocycles. The van der Waals surface area contributed by atoms with Gasteiger partial charge in [0, 0.05) is 19.0 Å². The first kappa shape index (κ1) is 13.2. The van der Waals surface area contributed by atoms with Gasteiger partial charge in [0.15, 0.2) is 0 Å². The average molecular weight is 277 g/mol. The fraction of sp³-hybridized carbons (Fsp3) is 0.800. The molecule has 0 amide bonds. The molecule has 19 heavy (non-hydrogen) atoms. The number of rotatable bonds is 0. The topological polar surface area (TPSA) is 29.5 Å². The van der Waals surface area contributed by atoms with E-state index in [1.807, 2.05) is 0 Å². The molecular formula is C15H23NO2Si. The Balaban J connectivity index is 1.95. The minimum absolute atomic E-state index is 0.0109. The van der Waals surface area contributed by atoms with Gasteiger partial charge in [-0.15, -0.1) is 11.5 Å². The van der Waals surface area contributed by atoms with Crippen molar-refractivity contribution >= 4 is 14.0 Å². The summed E-state index contributed by atoms with van der Waals surface area (Å²) in [6.45, 7) is 9.39. The van der Waals surface area contributed by atoms with Crippen molar-refractivity contribution in [2.75, 3.05) is 19.7 Å². The molecule has 0 radical (unpaired) electrons. The van der Waals surface area contributed by atoms with Crippen LogP contribution in [-0.2, 0) is 9.53 Å². The number of hydrogen-bond acceptors (Lipinski definition) is 3. The van der Waals surface area contributed by atoms with Crippen LogP contribution < -0.4 is 0 Å². The minimum Gasteiger partial charge on any atom is -0.465 e. The highest BCUT2D eigenvalue weighted by molar-refractivity contribution is 6.83. The molecule has 0 aliphatic carbocycles. The quantitative estimate of drug-likeness (QED) is 0.385. The number of esters is 1. The number of nitrogens with zero attached hydrogens (tertiary/aromatic N) is 1. The second-order valence-corrected chi connectivity index (χ2v) is 12.0. The average Bonchev–Trinajstić information content (AvgIpc) is 2.93. The predicted molar refractivity (Wildman–Crippen MR) is 77.2 cm³/mol. The lowest BCUT2D eigenvalue weighted by atomic mass is 9.74. The van der Waals surface area contributed by atoms with Crippen LogP contribution in [0.3, 0.4) is 0 Å². The fourth-order valence-electron chi connectivity index (χ4n) is 3.78. The Hall–Kier alpha value is -0.793. The molecule has 4 heteroatoms. The summed E-state index contributed by atoms with van der Waals surface area (Å²) >= 11 is 0. The van der Waals surface area contributed by atoms with Crippen molar-refractivity contribution in [1.29, 1.82) is 0 Å². The highest BCUT2D eigenvalue weighted by Crippen LogP contribution is 2.49. The van der Waals surface area contributed by atoms with E-state index >= 15 is 0 Å². The Morgan fingerprint density at radius 3 is 2.84 bits per heavy atom. The van der Waals surface area contributed by atoms with E-state index in [0.29, 0.717) is 12.6 Å². The van der Waals surface area contributed by atoms with Gasteiger partial charge in [-0.1, -0.05) is 19.6 Å². The first-order valence-electron chi connectivity index (χ1n) is 7.36. The zero-order chi connectivity index (χ0) is 13.7. The largest absolute Gasteiger partial charge is 0.465 e. The standard InChI is InChI=1S/C15H23NO2Si/c1-19(2,3)10-6-12-13-5-4-8-16(13)11-15(12)7-9-18-14(15)17/h12-13H,4-5,7-9,11H2,1-3H3/t12-,13-,15-/m0/s1. The first-order valence-corrected chi connectivity index (χ1v) is 10.9. The van der Waals surface area contributed by atoms with Crippen molar-refractivity contribution < 1.29 is 9.53 Å². The van der Waals surface area contributed by atoms with Crippen LogP contribution in [0.2, 0.25) is 19.6 Å². The number of carbonyl (C=O) groups is 1. The summed E-state index contributed by atoms with van der Waals surface area (Å²) in [5.74, 6) is 3.74. The van der Waals surface area contributed by atoms with E-state index in [4.69, 9.17) is 4.74 Å². The van der Waals surface area contributed by atoms with Crippen molar-refractivity contribution in [1.82, 2.24) is 4.90 Å². The maximum atomic E-state index is 12.3. The summed E-state index contributed by atoms with van der Waals surface area (Å²) in [5, 5.41) is 0. The predicted octanol–water partition coefficient (Wildman–Crippen LogP) is 1.89. The third kappa shape index (κ3) is 2.13. The molecule has 0 aromatic rings. The monoisotopic (exact) mass is 277 g/mol. The van der Waals surface area contributed by atoms with Gasteiger partial charge in [-0.2, -0.15) is 0 Å². The molecule has 0 aromatic heterocycles. The summed E-state index contributed by atoms with van der Waals surface area (Å²) in [4.78, 5) is 14.7. The molecule has 0 N–H and O–H groups in total. The van der Waals surface area contributed by atoms with Gasteiger partial charge in [0.25, 0.3) is 0 Å². The molecule has 3 aliphatic rings. The van der Waals surface area contributed by atoms with Crippen LogP contribution in [0.5, 0.6) is 0 Å². The Morgan fingerprint density at radius 2 is 2.21 bits per heavy atom. The molecule has 104 valence electrons. The van der Waals surface area contributed by atoms with E-state index in [-0.39, 0.29) is 17.3 Å². The maximum Gasteiger partial charge on any atom is 0.314 e. The van der Waals surface area contributed by atoms with Gasteiger partial charge in [0.1, 0.15) is 8.07 Å². The molecule has 0 aromatic carbocycles. The van der Waals surface area contributed by atoms with Crippen molar-refractivity contribution in [3.8, 4) is 11.5 Å². The van der Waals surface area contributed by atoms with Crippen LogP contribution in [-0.4, -0.2) is 44.7 Å². The molecule has 0 bridgehead atoms. The molecule has 3 saturated heterocycles. The van der Waals surface area contributed by atoms with Crippen molar-refractivity contribution in [2.24, 2.45) is 11.3 Å². The minimum atomic E-state index is -1.39. The van der Waals surface area contributed by atoms with E-state index < -0.39 is 8.07 Å². The molecule has 0 saturated carbocycles. The van der Waals surface area contributed by atoms with E-state index in [2.05, 4.69) is 36.0 Å². The third-order valence-electron chi connectivity index (χ3n) is 4.67. The van der Waals surface area contributed by atoms with Crippen molar-refractivity contribution in [3.05, 3.63) is 0 Å². The van der Waals surface area contributed by atoms with E-state index in [0.717, 1.165) is 19.5 Å². The van der Waals surface area contributed by atoms with Gasteiger partial charge in [0.05, 0.1) is 17.9 Å². The fourth-order valence-corrected chi connectivity index (χ4v) is 4.37. The van der Waals surface area contributed by atoms with Crippen LogP contribution in [0.25, 0.3) is 0 Å². The van der Waals surface area contributed by atoms with Gasteiger partial charge in [0.2, 0.25) is 0 Å². The van der Waals surface area contributed by atoms with E-state index in [9.17, 15) is 4.79 Å². The van der Waals surface area contributed by atoms with Crippen LogP contribution >= 0.6 is 0 Å². The molecule has 1 spiro atoms. The SMILES string of the molecule is C[Si](C)(C)C#C[C@H]1[C@@H]2CCCN2C[C@@]12CCOC2=O. The van der Waals surface area contributed by atoms with E-state index in [1.54, 1.807) is 0 Å². The number of fused-ring (bicyclic) bond motifs is 1. The number of ether oxygens (including phenoxy) is 1. The second-order valence-electron chi connectivity index (χ2n) is 7.22. The summed E-state index contributed by atoms with van der Waals surface area (Å²) in [6.07, 6.45) is 3.31. The number of cyclic esters (lactones) is 1. The van der Waals surface area contributed by atoms with Crippen molar-refractivity contribution in [2.45, 2.75) is 44.9 Å². The van der Waals surface area contributed by atoms with Crippen LogP contribution in [0.15, 0.2) is 0 Å². The highest BCUT2D eigenvalue weighted by atomic mass is 28.3. The summed E-state index contributed by atoms with van der Waals surface area (Å²) < 4.78 is 5.30. The Labute approximate surface area is 116 Å². The zero-order valence-electron chi connectivity index (χ0n) is 12.2. The number of hydrogen-bond donors (Lipinski definition) is 0. The molecule has 3 fully saturated rings. The lowest BCUT2D eigenvalue weighted by Crippen LogP contribution is -2.36. The molecule has 3 aliphatic heterocycles. The normalized spacial score (nSPS) is 38.2. The lowest BCUT2D eigenvalue weighted by Gasteiger charge is -2.24.